The first kappa shape index (κ1) is 21.7. The van der Waals surface area contributed by atoms with Gasteiger partial charge in [0.2, 0.25) is 0 Å². The van der Waals surface area contributed by atoms with Gasteiger partial charge in [-0.05, 0) is 60.1 Å². The molecule has 1 aromatic heterocycles. The molecule has 0 amide bonds. The smallest absolute Gasteiger partial charge is 0.312 e. The molecule has 0 aromatic carbocycles. The Hall–Kier alpha value is -2.03. The molecular weight excluding hydrogens is 395 g/mol. The van der Waals surface area contributed by atoms with E-state index in [1.807, 2.05) is 0 Å². The molecule has 3 heterocycles. The van der Waals surface area contributed by atoms with Gasteiger partial charge in [0.05, 0.1) is 26.1 Å². The van der Waals surface area contributed by atoms with Crippen molar-refractivity contribution in [2.45, 2.75) is 75.5 Å². The number of ether oxygens (including phenoxy) is 1. The van der Waals surface area contributed by atoms with Crippen molar-refractivity contribution in [3.8, 4) is 0 Å². The maximum absolute atomic E-state index is 14.8. The Labute approximate surface area is 171 Å². The average Bonchev–Trinajstić information content (AvgIpc) is 2.98. The van der Waals surface area contributed by atoms with Crippen LogP contribution in [0.4, 0.5) is 10.2 Å². The Morgan fingerprint density at radius 1 is 1.34 bits per heavy atom. The lowest BCUT2D eigenvalue weighted by Gasteiger charge is -2.45. The second-order valence-electron chi connectivity index (χ2n) is 9.24. The first-order valence-corrected chi connectivity index (χ1v) is 11.2. The van der Waals surface area contributed by atoms with E-state index in [9.17, 15) is 13.4 Å². The third-order valence-electron chi connectivity index (χ3n) is 5.56. The first-order valence-electron chi connectivity index (χ1n) is 9.65. The van der Waals surface area contributed by atoms with E-state index in [2.05, 4.69) is 9.35 Å². The molecule has 2 aliphatic rings. The van der Waals surface area contributed by atoms with Crippen LogP contribution >= 0.6 is 0 Å². The molecule has 0 radical (unpaired) electrons. The van der Waals surface area contributed by atoms with Crippen LogP contribution in [0.1, 0.15) is 60.1 Å². The zero-order valence-electron chi connectivity index (χ0n) is 17.8. The zero-order chi connectivity index (χ0) is 21.8. The van der Waals surface area contributed by atoms with Gasteiger partial charge in [-0.2, -0.15) is 0 Å². The van der Waals surface area contributed by atoms with Gasteiger partial charge < -0.3 is 10.5 Å². The van der Waals surface area contributed by atoms with Crippen molar-refractivity contribution in [3.05, 3.63) is 23.6 Å². The van der Waals surface area contributed by atoms with Gasteiger partial charge in [-0.25, -0.2) is 17.9 Å². The summed E-state index contributed by atoms with van der Waals surface area (Å²) in [4.78, 5) is 21.6. The van der Waals surface area contributed by atoms with Crippen molar-refractivity contribution in [2.24, 2.45) is 9.36 Å². The van der Waals surface area contributed by atoms with Crippen LogP contribution in [0.3, 0.4) is 0 Å². The number of hydrogen-bond acceptors (Lipinski definition) is 7. The number of anilines is 1. The molecule has 0 spiro atoms. The number of hydrogen-bond donors (Lipinski definition) is 1. The fourth-order valence-corrected chi connectivity index (χ4v) is 7.36. The van der Waals surface area contributed by atoms with Crippen LogP contribution in [0, 0.1) is 5.82 Å². The van der Waals surface area contributed by atoms with Crippen molar-refractivity contribution in [3.63, 3.8) is 0 Å². The highest BCUT2D eigenvalue weighted by Gasteiger charge is 2.58. The van der Waals surface area contributed by atoms with E-state index >= 15 is 0 Å². The van der Waals surface area contributed by atoms with Crippen molar-refractivity contribution >= 4 is 27.2 Å². The number of pyridine rings is 1. The van der Waals surface area contributed by atoms with Crippen LogP contribution in [-0.2, 0) is 24.8 Å². The number of fused-ring (bicyclic) bond motifs is 1. The minimum Gasteiger partial charge on any atom is -0.460 e. The predicted molar refractivity (Wildman–Crippen MR) is 112 cm³/mol. The molecule has 2 N–H and O–H groups in total. The summed E-state index contributed by atoms with van der Waals surface area (Å²) >= 11 is 0. The third-order valence-corrected chi connectivity index (χ3v) is 9.29. The lowest BCUT2D eigenvalue weighted by Crippen LogP contribution is -2.56. The second kappa shape index (κ2) is 6.75. The average molecular weight is 425 g/mol. The number of aromatic nitrogens is 1. The summed E-state index contributed by atoms with van der Waals surface area (Å²) in [7, 11) is -2.86. The fraction of sp³-hybridized carbons (Fsp3) is 0.650. The standard InChI is InChI=1S/C20H29FN4O3S/c1-18(2,3)28-16(26)11-13-19(4,5)29(27)14(9-10-23-29)20(6,25-13)17-12(21)7-8-15(22)24-17/h7-8,14H,9-11H2,1-6H3,(H2,22,24)/t14-,20-,29+/m1/s1. The largest absolute Gasteiger partial charge is 0.460 e. The lowest BCUT2D eigenvalue weighted by atomic mass is 9.88. The van der Waals surface area contributed by atoms with Gasteiger partial charge in [-0.15, -0.1) is 0 Å². The van der Waals surface area contributed by atoms with E-state index in [1.54, 1.807) is 41.5 Å². The maximum atomic E-state index is 14.8. The van der Waals surface area contributed by atoms with E-state index in [4.69, 9.17) is 15.5 Å². The van der Waals surface area contributed by atoms with Crippen LogP contribution in [0.25, 0.3) is 0 Å². The molecule has 7 nitrogen and oxygen atoms in total. The summed E-state index contributed by atoms with van der Waals surface area (Å²) in [5.74, 6) is -0.902. The molecule has 0 saturated carbocycles. The second-order valence-corrected chi connectivity index (χ2v) is 12.2. The molecular formula is C20H29FN4O3S. The number of nitrogen functional groups attached to an aromatic ring is 1. The molecule has 3 atom stereocenters. The van der Waals surface area contributed by atoms with Gasteiger partial charge in [-0.1, -0.05) is 0 Å². The molecule has 0 aliphatic carbocycles. The van der Waals surface area contributed by atoms with Gasteiger partial charge in [-0.3, -0.25) is 9.79 Å². The Morgan fingerprint density at radius 3 is 2.62 bits per heavy atom. The summed E-state index contributed by atoms with van der Waals surface area (Å²) in [5.41, 5.74) is 4.31. The number of carbonyl (C=O) groups is 1. The summed E-state index contributed by atoms with van der Waals surface area (Å²) in [6.45, 7) is 11.0. The van der Waals surface area contributed by atoms with Crippen LogP contribution in [0.2, 0.25) is 0 Å². The number of esters is 1. The number of nitrogens with two attached hydrogens (primary N) is 1. The monoisotopic (exact) mass is 424 g/mol. The Balaban J connectivity index is 2.18. The minimum absolute atomic E-state index is 0.0320. The van der Waals surface area contributed by atoms with Crippen molar-refractivity contribution in [1.29, 1.82) is 0 Å². The highest BCUT2D eigenvalue weighted by Crippen LogP contribution is 2.48. The first-order chi connectivity index (χ1) is 13.2. The highest BCUT2D eigenvalue weighted by atomic mass is 32.2. The van der Waals surface area contributed by atoms with Crippen molar-refractivity contribution in [1.82, 2.24) is 4.98 Å². The van der Waals surface area contributed by atoms with Crippen LogP contribution < -0.4 is 5.73 Å². The predicted octanol–water partition coefficient (Wildman–Crippen LogP) is 3.22. The number of aliphatic imine (C=N–C) groups is 1. The normalized spacial score (nSPS) is 30.9. The highest BCUT2D eigenvalue weighted by molar-refractivity contribution is 7.96. The molecule has 1 aromatic rings. The third kappa shape index (κ3) is 3.53. The Bertz CT molecular complexity index is 1010. The molecule has 0 unspecified atom stereocenters. The van der Waals surface area contributed by atoms with Gasteiger partial charge in [0.15, 0.2) is 0 Å². The van der Waals surface area contributed by atoms with E-state index < -0.39 is 42.7 Å². The topological polar surface area (TPSA) is 107 Å². The van der Waals surface area contributed by atoms with Crippen molar-refractivity contribution in [2.75, 3.05) is 12.3 Å². The van der Waals surface area contributed by atoms with Crippen LogP contribution in [0.15, 0.2) is 21.5 Å². The molecule has 2 aliphatic heterocycles. The lowest BCUT2D eigenvalue weighted by molar-refractivity contribution is -0.153. The number of halogens is 1. The molecule has 160 valence electrons. The van der Waals surface area contributed by atoms with Crippen molar-refractivity contribution < 1.29 is 18.1 Å². The Morgan fingerprint density at radius 2 is 2.00 bits per heavy atom. The quantitative estimate of drug-likeness (QED) is 0.750. The summed E-state index contributed by atoms with van der Waals surface area (Å²) in [6, 6.07) is 2.61. The molecule has 3 rings (SSSR count). The Kier molecular flexibility index (Phi) is 5.05. The van der Waals surface area contributed by atoms with E-state index in [1.165, 1.54) is 12.1 Å². The summed E-state index contributed by atoms with van der Waals surface area (Å²) < 4.78 is 37.8. The number of nitrogens with zero attached hydrogens (tertiary/aromatic N) is 3. The number of carbonyl (C=O) groups excluding carboxylic acids is 1. The number of rotatable bonds is 3. The van der Waals surface area contributed by atoms with Crippen LogP contribution in [-0.4, -0.2) is 43.0 Å². The molecule has 29 heavy (non-hydrogen) atoms. The minimum atomic E-state index is -2.86. The van der Waals surface area contributed by atoms with E-state index in [0.717, 1.165) is 0 Å². The molecule has 0 fully saturated rings. The summed E-state index contributed by atoms with van der Waals surface area (Å²) in [6.07, 6.45) is 0.348. The molecule has 9 heteroatoms. The van der Waals surface area contributed by atoms with Gasteiger partial charge in [0.1, 0.15) is 28.5 Å². The molecule has 0 bridgehead atoms. The van der Waals surface area contributed by atoms with E-state index in [-0.39, 0.29) is 17.9 Å². The molecule has 0 saturated heterocycles. The van der Waals surface area contributed by atoms with Gasteiger partial charge in [0.25, 0.3) is 0 Å². The summed E-state index contributed by atoms with van der Waals surface area (Å²) in [5, 5.41) is -0.531. The SMILES string of the molecule is CC(C)(C)OC(=O)CC1=N[C@@](C)(c2nc(N)ccc2F)[C@H]2CCN=[S@@]2(=O)C1(C)C. The van der Waals surface area contributed by atoms with Gasteiger partial charge in [0, 0.05) is 12.3 Å². The fourth-order valence-electron chi connectivity index (χ4n) is 4.10. The van der Waals surface area contributed by atoms with E-state index in [0.29, 0.717) is 18.7 Å². The maximum Gasteiger partial charge on any atom is 0.312 e. The van der Waals surface area contributed by atoms with Crippen LogP contribution in [0.5, 0.6) is 0 Å². The van der Waals surface area contributed by atoms with Gasteiger partial charge >= 0.3 is 5.97 Å². The zero-order valence-corrected chi connectivity index (χ0v) is 18.6.